The fourth-order valence-corrected chi connectivity index (χ4v) is 5.81. The molecule has 9 heteroatoms. The van der Waals surface area contributed by atoms with Crippen LogP contribution in [0.1, 0.15) is 62.1 Å². The summed E-state index contributed by atoms with van der Waals surface area (Å²) in [6.45, 7) is 5.37. The summed E-state index contributed by atoms with van der Waals surface area (Å²) in [5.74, 6) is -0.680. The van der Waals surface area contributed by atoms with Gasteiger partial charge in [-0.05, 0) is 68.0 Å². The van der Waals surface area contributed by atoms with Gasteiger partial charge in [0.05, 0.1) is 11.9 Å². The predicted molar refractivity (Wildman–Crippen MR) is 149 cm³/mol. The smallest absolute Gasteiger partial charge is 0.244 e. The molecule has 0 saturated heterocycles. The fraction of sp³-hybridized carbons (Fsp3) is 0.500. The van der Waals surface area contributed by atoms with Crippen molar-refractivity contribution in [3.63, 3.8) is 0 Å². The van der Waals surface area contributed by atoms with E-state index in [4.69, 9.17) is 11.6 Å². The molecule has 3 rings (SSSR count). The molecule has 1 aliphatic rings. The molecule has 202 valence electrons. The molecular weight excluding hydrogens is 510 g/mol. The predicted octanol–water partition coefficient (Wildman–Crippen LogP) is 4.98. The topological polar surface area (TPSA) is 86.8 Å². The Balaban J connectivity index is 1.93. The van der Waals surface area contributed by atoms with Crippen LogP contribution in [0.3, 0.4) is 0 Å². The minimum Gasteiger partial charge on any atom is -0.352 e. The molecular formula is C28H38ClN3O4S. The summed E-state index contributed by atoms with van der Waals surface area (Å²) in [6.07, 6.45) is 6.63. The van der Waals surface area contributed by atoms with Crippen molar-refractivity contribution in [1.29, 1.82) is 0 Å². The zero-order valence-electron chi connectivity index (χ0n) is 22.2. The van der Waals surface area contributed by atoms with Crippen molar-refractivity contribution in [3.8, 4) is 0 Å². The highest BCUT2D eigenvalue weighted by molar-refractivity contribution is 7.92. The molecule has 0 aromatic heterocycles. The van der Waals surface area contributed by atoms with Crippen LogP contribution in [0.25, 0.3) is 0 Å². The zero-order valence-corrected chi connectivity index (χ0v) is 23.7. The largest absolute Gasteiger partial charge is 0.352 e. The summed E-state index contributed by atoms with van der Waals surface area (Å²) >= 11 is 6.42. The summed E-state index contributed by atoms with van der Waals surface area (Å²) in [4.78, 5) is 28.7. The number of carbonyl (C=O) groups is 2. The molecule has 7 nitrogen and oxygen atoms in total. The van der Waals surface area contributed by atoms with Gasteiger partial charge in [-0.2, -0.15) is 0 Å². The molecule has 0 bridgehead atoms. The van der Waals surface area contributed by atoms with Gasteiger partial charge < -0.3 is 10.2 Å². The van der Waals surface area contributed by atoms with Crippen LogP contribution >= 0.6 is 11.6 Å². The lowest BCUT2D eigenvalue weighted by molar-refractivity contribution is -0.140. The fourth-order valence-electron chi connectivity index (χ4n) is 4.77. The Morgan fingerprint density at radius 1 is 1.05 bits per heavy atom. The second-order valence-electron chi connectivity index (χ2n) is 9.92. The molecule has 1 N–H and O–H groups in total. The molecule has 2 aromatic rings. The van der Waals surface area contributed by atoms with Crippen LogP contribution in [-0.4, -0.2) is 50.0 Å². The number of hydrogen-bond donors (Lipinski definition) is 1. The quantitative estimate of drug-likeness (QED) is 0.454. The van der Waals surface area contributed by atoms with Gasteiger partial charge in [0, 0.05) is 17.6 Å². The highest BCUT2D eigenvalue weighted by atomic mass is 35.5. The van der Waals surface area contributed by atoms with Crippen molar-refractivity contribution in [2.45, 2.75) is 77.9 Å². The van der Waals surface area contributed by atoms with Gasteiger partial charge >= 0.3 is 0 Å². The van der Waals surface area contributed by atoms with Crippen LogP contribution in [0, 0.1) is 13.8 Å². The second kappa shape index (κ2) is 12.8. The maximum absolute atomic E-state index is 13.8. The maximum Gasteiger partial charge on any atom is 0.244 e. The number of hydrogen-bond acceptors (Lipinski definition) is 4. The first-order valence-corrected chi connectivity index (χ1v) is 15.1. The average Bonchev–Trinajstić information content (AvgIpc) is 2.85. The molecule has 37 heavy (non-hydrogen) atoms. The molecule has 1 fully saturated rings. The highest BCUT2D eigenvalue weighted by Crippen LogP contribution is 2.24. The number of carbonyl (C=O) groups excluding carboxylic acids is 2. The van der Waals surface area contributed by atoms with Crippen LogP contribution in [0.4, 0.5) is 5.69 Å². The van der Waals surface area contributed by atoms with E-state index in [9.17, 15) is 18.0 Å². The summed E-state index contributed by atoms with van der Waals surface area (Å²) in [6, 6.07) is 11.8. The lowest BCUT2D eigenvalue weighted by atomic mass is 9.95. The van der Waals surface area contributed by atoms with Crippen molar-refractivity contribution >= 4 is 39.1 Å². The van der Waals surface area contributed by atoms with E-state index < -0.39 is 28.5 Å². The molecule has 2 amide bonds. The number of amides is 2. The summed E-state index contributed by atoms with van der Waals surface area (Å²) in [5, 5.41) is 3.62. The van der Waals surface area contributed by atoms with E-state index >= 15 is 0 Å². The number of anilines is 1. The summed E-state index contributed by atoms with van der Waals surface area (Å²) in [7, 11) is -3.77. The van der Waals surface area contributed by atoms with Crippen molar-refractivity contribution in [2.24, 2.45) is 0 Å². The molecule has 1 aliphatic carbocycles. The Bertz CT molecular complexity index is 1210. The van der Waals surface area contributed by atoms with Gasteiger partial charge in [-0.3, -0.25) is 13.9 Å². The van der Waals surface area contributed by atoms with Crippen LogP contribution in [0.5, 0.6) is 0 Å². The first-order valence-electron chi connectivity index (χ1n) is 12.9. The molecule has 1 atom stereocenters. The molecule has 0 radical (unpaired) electrons. The van der Waals surface area contributed by atoms with E-state index in [0.29, 0.717) is 22.7 Å². The van der Waals surface area contributed by atoms with Crippen molar-refractivity contribution in [3.05, 3.63) is 64.2 Å². The number of sulfonamides is 1. The van der Waals surface area contributed by atoms with E-state index in [1.54, 1.807) is 24.3 Å². The Morgan fingerprint density at radius 3 is 2.32 bits per heavy atom. The zero-order chi connectivity index (χ0) is 27.2. The highest BCUT2D eigenvalue weighted by Gasteiger charge is 2.33. The standard InChI is InChI=1S/C28H38ClN3O4S/c1-5-26(28(34)30-23-12-7-6-8-13-23)31(18-22-11-9-10-14-25(22)29)27(33)19-32(37(4,35)36)24-16-15-20(2)21(3)17-24/h9-11,14-17,23,26H,5-8,12-13,18-19H2,1-4H3,(H,30,34)/t26-/m0/s1. The number of halogens is 1. The third-order valence-electron chi connectivity index (χ3n) is 7.09. The number of nitrogens with one attached hydrogen (secondary N) is 1. The third-order valence-corrected chi connectivity index (χ3v) is 8.60. The van der Waals surface area contributed by atoms with Gasteiger partial charge in [-0.1, -0.05) is 62.1 Å². The lowest BCUT2D eigenvalue weighted by Gasteiger charge is -2.34. The van der Waals surface area contributed by atoms with E-state index in [1.807, 2.05) is 39.0 Å². The first-order chi connectivity index (χ1) is 17.5. The van der Waals surface area contributed by atoms with Gasteiger partial charge in [0.2, 0.25) is 21.8 Å². The van der Waals surface area contributed by atoms with Crippen molar-refractivity contribution in [1.82, 2.24) is 10.2 Å². The number of aryl methyl sites for hydroxylation is 2. The molecule has 0 heterocycles. The SMILES string of the molecule is CC[C@@H](C(=O)NC1CCCCC1)N(Cc1ccccc1Cl)C(=O)CN(c1ccc(C)c(C)c1)S(C)(=O)=O. The monoisotopic (exact) mass is 547 g/mol. The number of nitrogens with zero attached hydrogens (tertiary/aromatic N) is 2. The molecule has 1 saturated carbocycles. The van der Waals surface area contributed by atoms with Crippen LogP contribution < -0.4 is 9.62 Å². The van der Waals surface area contributed by atoms with Gasteiger partial charge in [-0.15, -0.1) is 0 Å². The van der Waals surface area contributed by atoms with Crippen LogP contribution in [0.15, 0.2) is 42.5 Å². The first kappa shape index (κ1) is 29.0. The van der Waals surface area contributed by atoms with Crippen LogP contribution in [0.2, 0.25) is 5.02 Å². The van der Waals surface area contributed by atoms with E-state index in [-0.39, 0.29) is 18.5 Å². The lowest BCUT2D eigenvalue weighted by Crippen LogP contribution is -2.54. The Hall–Kier alpha value is -2.58. The van der Waals surface area contributed by atoms with Gasteiger partial charge in [0.1, 0.15) is 12.6 Å². The minimum absolute atomic E-state index is 0.0932. The van der Waals surface area contributed by atoms with E-state index in [1.165, 1.54) is 11.3 Å². The van der Waals surface area contributed by atoms with Crippen molar-refractivity contribution < 1.29 is 18.0 Å². The summed E-state index contributed by atoms with van der Waals surface area (Å²) in [5.41, 5.74) is 3.05. The average molecular weight is 548 g/mol. The molecule has 0 aliphatic heterocycles. The maximum atomic E-state index is 13.8. The third kappa shape index (κ3) is 7.71. The van der Waals surface area contributed by atoms with E-state index in [0.717, 1.165) is 47.4 Å². The van der Waals surface area contributed by atoms with Crippen LogP contribution in [-0.2, 0) is 26.2 Å². The number of rotatable bonds is 10. The van der Waals surface area contributed by atoms with Gasteiger partial charge in [0.25, 0.3) is 0 Å². The normalized spacial score (nSPS) is 15.2. The molecule has 2 aromatic carbocycles. The molecule has 0 unspecified atom stereocenters. The molecule has 0 spiro atoms. The minimum atomic E-state index is -3.77. The van der Waals surface area contributed by atoms with Crippen molar-refractivity contribution in [2.75, 3.05) is 17.1 Å². The van der Waals surface area contributed by atoms with Gasteiger partial charge in [-0.25, -0.2) is 8.42 Å². The Kier molecular flexibility index (Phi) is 10.0. The second-order valence-corrected chi connectivity index (χ2v) is 12.2. The summed E-state index contributed by atoms with van der Waals surface area (Å²) < 4.78 is 26.7. The Labute approximate surface area is 226 Å². The van der Waals surface area contributed by atoms with E-state index in [2.05, 4.69) is 5.32 Å². The number of benzene rings is 2. The van der Waals surface area contributed by atoms with Gasteiger partial charge in [0.15, 0.2) is 0 Å². The Morgan fingerprint density at radius 2 is 1.73 bits per heavy atom.